The maximum Gasteiger partial charge on any atom is 0.434 e. The van der Waals surface area contributed by atoms with Gasteiger partial charge in [0.1, 0.15) is 17.7 Å². The van der Waals surface area contributed by atoms with Gasteiger partial charge in [-0.15, -0.1) is 5.10 Å². The van der Waals surface area contributed by atoms with Gasteiger partial charge in [-0.05, 0) is 31.2 Å². The Labute approximate surface area is 220 Å². The molecule has 9 nitrogen and oxygen atoms in total. The first-order valence-corrected chi connectivity index (χ1v) is 12.7. The van der Waals surface area contributed by atoms with E-state index in [-0.39, 0.29) is 6.04 Å². The van der Waals surface area contributed by atoms with Crippen LogP contribution >= 0.6 is 0 Å². The number of ether oxygens (including phenoxy) is 1. The lowest BCUT2D eigenvalue weighted by molar-refractivity contribution is -0.140. The summed E-state index contributed by atoms with van der Waals surface area (Å²) in [7, 11) is 1.57. The number of halogens is 3. The van der Waals surface area contributed by atoms with Crippen LogP contribution in [0, 0.1) is 0 Å². The minimum Gasteiger partial charge on any atom is -0.480 e. The molecule has 0 N–H and O–H groups in total. The molecule has 198 valence electrons. The standard InChI is InChI=1S/C27H23F3N8O/c1-39-26-22(23(16-6-7-16)32-14-33-26)24-35-21-12-31-11-19(38(21)36-24)10-15-2-4-17(5-3-15)25-34-20(27(28,29)30)13-37(25)18-8-9-18/h2-5,11-14,16,18H,6-10H2,1H3. The number of aromatic nitrogens is 8. The third kappa shape index (κ3) is 4.39. The lowest BCUT2D eigenvalue weighted by Crippen LogP contribution is -2.05. The second-order valence-corrected chi connectivity index (χ2v) is 9.98. The zero-order chi connectivity index (χ0) is 26.7. The van der Waals surface area contributed by atoms with E-state index in [9.17, 15) is 13.2 Å². The van der Waals surface area contributed by atoms with Crippen molar-refractivity contribution < 1.29 is 17.9 Å². The Morgan fingerprint density at radius 1 is 1.00 bits per heavy atom. The van der Waals surface area contributed by atoms with Gasteiger partial charge in [0.2, 0.25) is 5.88 Å². The highest BCUT2D eigenvalue weighted by Crippen LogP contribution is 2.45. The fourth-order valence-corrected chi connectivity index (χ4v) is 4.86. The van der Waals surface area contributed by atoms with Crippen molar-refractivity contribution in [3.8, 4) is 28.7 Å². The van der Waals surface area contributed by atoms with Crippen molar-refractivity contribution in [1.82, 2.24) is 39.1 Å². The van der Waals surface area contributed by atoms with E-state index in [0.717, 1.165) is 48.8 Å². The molecule has 2 saturated carbocycles. The predicted molar refractivity (Wildman–Crippen MR) is 134 cm³/mol. The van der Waals surface area contributed by atoms with Crippen molar-refractivity contribution in [3.63, 3.8) is 0 Å². The Hall–Kier alpha value is -4.35. The second kappa shape index (κ2) is 8.85. The fraction of sp³-hybridized carbons (Fsp3) is 0.333. The third-order valence-corrected chi connectivity index (χ3v) is 7.10. The van der Waals surface area contributed by atoms with Crippen molar-refractivity contribution in [2.45, 2.75) is 50.2 Å². The Kier molecular flexibility index (Phi) is 5.39. The van der Waals surface area contributed by atoms with Crippen LogP contribution in [0.15, 0.2) is 49.2 Å². The number of hydrogen-bond donors (Lipinski definition) is 0. The van der Waals surface area contributed by atoms with Crippen LogP contribution in [0.25, 0.3) is 28.4 Å². The van der Waals surface area contributed by atoms with Crippen molar-refractivity contribution in [2.24, 2.45) is 0 Å². The van der Waals surface area contributed by atoms with Gasteiger partial charge in [-0.2, -0.15) is 13.2 Å². The Balaban J connectivity index is 1.20. The summed E-state index contributed by atoms with van der Waals surface area (Å²) in [5.41, 5.74) is 3.71. The van der Waals surface area contributed by atoms with Crippen molar-refractivity contribution in [1.29, 1.82) is 0 Å². The summed E-state index contributed by atoms with van der Waals surface area (Å²) in [4.78, 5) is 21.7. The summed E-state index contributed by atoms with van der Waals surface area (Å²) < 4.78 is 48.9. The summed E-state index contributed by atoms with van der Waals surface area (Å²) in [6.07, 6.45) is 5.85. The van der Waals surface area contributed by atoms with Crippen LogP contribution in [0.3, 0.4) is 0 Å². The molecular formula is C27H23F3N8O. The van der Waals surface area contributed by atoms with E-state index in [1.807, 2.05) is 24.3 Å². The van der Waals surface area contributed by atoms with Gasteiger partial charge in [-0.3, -0.25) is 4.98 Å². The maximum absolute atomic E-state index is 13.3. The largest absolute Gasteiger partial charge is 0.480 e. The molecule has 4 aromatic heterocycles. The molecule has 39 heavy (non-hydrogen) atoms. The summed E-state index contributed by atoms with van der Waals surface area (Å²) in [6.45, 7) is 0. The summed E-state index contributed by atoms with van der Waals surface area (Å²) in [5, 5.41) is 4.77. The van der Waals surface area contributed by atoms with E-state index in [1.54, 1.807) is 28.6 Å². The monoisotopic (exact) mass is 532 g/mol. The van der Waals surface area contributed by atoms with Crippen LogP contribution in [0.5, 0.6) is 5.88 Å². The van der Waals surface area contributed by atoms with E-state index in [1.165, 1.54) is 6.33 Å². The molecule has 2 fully saturated rings. The lowest BCUT2D eigenvalue weighted by Gasteiger charge is -2.08. The van der Waals surface area contributed by atoms with E-state index in [2.05, 4.69) is 19.9 Å². The number of alkyl halides is 3. The third-order valence-electron chi connectivity index (χ3n) is 7.10. The van der Waals surface area contributed by atoms with Crippen molar-refractivity contribution in [3.05, 3.63) is 71.8 Å². The molecule has 7 rings (SSSR count). The average molecular weight is 533 g/mol. The van der Waals surface area contributed by atoms with Crippen LogP contribution < -0.4 is 4.74 Å². The van der Waals surface area contributed by atoms with E-state index in [0.29, 0.717) is 46.6 Å². The smallest absolute Gasteiger partial charge is 0.434 e. The molecule has 1 aromatic carbocycles. The van der Waals surface area contributed by atoms with Crippen LogP contribution in [0.2, 0.25) is 0 Å². The topological polar surface area (TPSA) is 95.9 Å². The first-order chi connectivity index (χ1) is 18.9. The predicted octanol–water partition coefficient (Wildman–Crippen LogP) is 5.28. The van der Waals surface area contributed by atoms with Crippen LogP contribution in [0.4, 0.5) is 13.2 Å². The number of benzene rings is 1. The molecular weight excluding hydrogens is 509 g/mol. The van der Waals surface area contributed by atoms with Gasteiger partial charge in [0.25, 0.3) is 0 Å². The van der Waals surface area contributed by atoms with E-state index in [4.69, 9.17) is 14.8 Å². The van der Waals surface area contributed by atoms with Gasteiger partial charge < -0.3 is 9.30 Å². The van der Waals surface area contributed by atoms with Crippen molar-refractivity contribution >= 4 is 5.65 Å². The SMILES string of the molecule is COc1ncnc(C2CC2)c1-c1nc2cncc(Cc3ccc(-c4nc(C(F)(F)F)cn4C4CC4)cc3)n2n1. The number of rotatable bonds is 7. The van der Waals surface area contributed by atoms with Crippen LogP contribution in [-0.2, 0) is 12.6 Å². The molecule has 0 saturated heterocycles. The Morgan fingerprint density at radius 3 is 2.49 bits per heavy atom. The van der Waals surface area contributed by atoms with Gasteiger partial charge in [0.05, 0.1) is 24.7 Å². The molecule has 0 radical (unpaired) electrons. The Morgan fingerprint density at radius 2 is 1.79 bits per heavy atom. The van der Waals surface area contributed by atoms with Gasteiger partial charge in [0.15, 0.2) is 17.2 Å². The van der Waals surface area contributed by atoms with Gasteiger partial charge in [-0.1, -0.05) is 24.3 Å². The minimum absolute atomic E-state index is 0.0718. The second-order valence-electron chi connectivity index (χ2n) is 9.98. The molecule has 0 bridgehead atoms. The molecule has 2 aliphatic rings. The molecule has 4 heterocycles. The molecule has 5 aromatic rings. The highest BCUT2D eigenvalue weighted by molar-refractivity contribution is 5.67. The quantitative estimate of drug-likeness (QED) is 0.282. The van der Waals surface area contributed by atoms with Gasteiger partial charge >= 0.3 is 6.18 Å². The first kappa shape index (κ1) is 23.7. The summed E-state index contributed by atoms with van der Waals surface area (Å²) >= 11 is 0. The van der Waals surface area contributed by atoms with E-state index >= 15 is 0 Å². The molecule has 2 aliphatic carbocycles. The molecule has 0 spiro atoms. The van der Waals surface area contributed by atoms with E-state index < -0.39 is 11.9 Å². The average Bonchev–Trinajstić information content (AvgIpc) is 3.87. The number of fused-ring (bicyclic) bond motifs is 1. The molecule has 0 amide bonds. The number of imidazole rings is 1. The fourth-order valence-electron chi connectivity index (χ4n) is 4.86. The van der Waals surface area contributed by atoms with Crippen LogP contribution in [0.1, 0.15) is 60.3 Å². The lowest BCUT2D eigenvalue weighted by atomic mass is 10.1. The molecule has 12 heteroatoms. The molecule has 0 atom stereocenters. The molecule has 0 unspecified atom stereocenters. The van der Waals surface area contributed by atoms with Crippen LogP contribution in [-0.4, -0.2) is 46.2 Å². The number of hydrogen-bond acceptors (Lipinski definition) is 7. The van der Waals surface area contributed by atoms with Gasteiger partial charge in [-0.25, -0.2) is 24.5 Å². The highest BCUT2D eigenvalue weighted by Gasteiger charge is 2.37. The normalized spacial score (nSPS) is 15.7. The zero-order valence-electron chi connectivity index (χ0n) is 20.9. The number of nitrogens with zero attached hydrogens (tertiary/aromatic N) is 8. The number of methoxy groups -OCH3 is 1. The maximum atomic E-state index is 13.3. The zero-order valence-corrected chi connectivity index (χ0v) is 20.9. The minimum atomic E-state index is -4.48. The highest BCUT2D eigenvalue weighted by atomic mass is 19.4. The summed E-state index contributed by atoms with van der Waals surface area (Å²) in [5.74, 6) is 1.60. The Bertz CT molecular complexity index is 1680. The molecule has 0 aliphatic heterocycles. The van der Waals surface area contributed by atoms with Crippen molar-refractivity contribution in [2.75, 3.05) is 7.11 Å². The first-order valence-electron chi connectivity index (χ1n) is 12.7. The summed E-state index contributed by atoms with van der Waals surface area (Å²) in [6, 6.07) is 7.48. The van der Waals surface area contributed by atoms with Gasteiger partial charge in [0, 0.05) is 36.3 Å².